The van der Waals surface area contributed by atoms with Gasteiger partial charge in [0.05, 0.1) is 11.1 Å². The number of para-hydroxylation sites is 2. The van der Waals surface area contributed by atoms with Crippen molar-refractivity contribution in [2.75, 3.05) is 0 Å². The Morgan fingerprint density at radius 3 is 2.45 bits per heavy atom. The standard InChI is InChI=1S/C16H13N3O/c17-16(18)13-10-19-14-9-5-4-8-12(14)15(13)20-11-6-2-1-3-7-11/h1-10H,(H3,17,18). The van der Waals surface area contributed by atoms with Gasteiger partial charge in [-0.15, -0.1) is 0 Å². The molecule has 4 nitrogen and oxygen atoms in total. The molecule has 98 valence electrons. The van der Waals surface area contributed by atoms with Gasteiger partial charge in [-0.2, -0.15) is 0 Å². The average Bonchev–Trinajstić information content (AvgIpc) is 2.48. The molecule has 0 atom stereocenters. The monoisotopic (exact) mass is 263 g/mol. The Morgan fingerprint density at radius 2 is 1.70 bits per heavy atom. The number of ether oxygens (including phenoxy) is 1. The fourth-order valence-corrected chi connectivity index (χ4v) is 2.02. The minimum absolute atomic E-state index is 0.0609. The fraction of sp³-hybridized carbons (Fsp3) is 0. The average molecular weight is 263 g/mol. The first-order valence-corrected chi connectivity index (χ1v) is 6.21. The van der Waals surface area contributed by atoms with Gasteiger partial charge in [0.25, 0.3) is 0 Å². The van der Waals surface area contributed by atoms with E-state index in [1.54, 1.807) is 6.20 Å². The van der Waals surface area contributed by atoms with Gasteiger partial charge in [0.1, 0.15) is 17.3 Å². The van der Waals surface area contributed by atoms with Crippen LogP contribution in [0.5, 0.6) is 11.5 Å². The summed E-state index contributed by atoms with van der Waals surface area (Å²) in [6.07, 6.45) is 1.57. The van der Waals surface area contributed by atoms with Gasteiger partial charge >= 0.3 is 0 Å². The van der Waals surface area contributed by atoms with E-state index in [0.717, 1.165) is 10.9 Å². The maximum absolute atomic E-state index is 7.68. The Morgan fingerprint density at radius 1 is 1.00 bits per heavy atom. The van der Waals surface area contributed by atoms with Gasteiger partial charge in [0, 0.05) is 11.6 Å². The zero-order valence-electron chi connectivity index (χ0n) is 10.7. The lowest BCUT2D eigenvalue weighted by Crippen LogP contribution is -2.13. The molecule has 3 rings (SSSR count). The molecule has 2 aromatic carbocycles. The number of nitrogens with two attached hydrogens (primary N) is 1. The third-order valence-corrected chi connectivity index (χ3v) is 2.98. The van der Waals surface area contributed by atoms with Crippen molar-refractivity contribution in [1.29, 1.82) is 5.41 Å². The van der Waals surface area contributed by atoms with E-state index in [1.165, 1.54) is 0 Å². The molecule has 20 heavy (non-hydrogen) atoms. The Kier molecular flexibility index (Phi) is 3.05. The van der Waals surface area contributed by atoms with Gasteiger partial charge in [-0.25, -0.2) is 0 Å². The SMILES string of the molecule is N=C(N)c1cnc2ccccc2c1Oc1ccccc1. The van der Waals surface area contributed by atoms with E-state index in [-0.39, 0.29) is 5.84 Å². The van der Waals surface area contributed by atoms with E-state index in [9.17, 15) is 0 Å². The first-order valence-electron chi connectivity index (χ1n) is 6.21. The summed E-state index contributed by atoms with van der Waals surface area (Å²) in [6, 6.07) is 17.1. The molecule has 0 radical (unpaired) electrons. The molecular weight excluding hydrogens is 250 g/mol. The van der Waals surface area contributed by atoms with E-state index >= 15 is 0 Å². The van der Waals surface area contributed by atoms with Crippen molar-refractivity contribution >= 4 is 16.7 Å². The molecule has 0 aliphatic carbocycles. The zero-order chi connectivity index (χ0) is 13.9. The molecule has 0 unspecified atom stereocenters. The maximum Gasteiger partial charge on any atom is 0.149 e. The molecule has 1 aromatic heterocycles. The largest absolute Gasteiger partial charge is 0.456 e. The molecule has 0 aliphatic rings. The minimum atomic E-state index is -0.0609. The zero-order valence-corrected chi connectivity index (χ0v) is 10.7. The van der Waals surface area contributed by atoms with Crippen molar-refractivity contribution in [2.45, 2.75) is 0 Å². The quantitative estimate of drug-likeness (QED) is 0.562. The molecule has 1 heterocycles. The number of benzene rings is 2. The highest BCUT2D eigenvalue weighted by Gasteiger charge is 2.13. The number of nitrogens with one attached hydrogen (secondary N) is 1. The molecule has 0 amide bonds. The summed E-state index contributed by atoms with van der Waals surface area (Å²) in [6.45, 7) is 0. The minimum Gasteiger partial charge on any atom is -0.456 e. The summed E-state index contributed by atoms with van der Waals surface area (Å²) >= 11 is 0. The molecule has 3 N–H and O–H groups in total. The number of hydrogen-bond acceptors (Lipinski definition) is 3. The topological polar surface area (TPSA) is 72.0 Å². The molecular formula is C16H13N3O. The molecule has 3 aromatic rings. The van der Waals surface area contributed by atoms with Gasteiger partial charge in [0.2, 0.25) is 0 Å². The van der Waals surface area contributed by atoms with Crippen LogP contribution >= 0.6 is 0 Å². The molecule has 0 saturated carbocycles. The van der Waals surface area contributed by atoms with Gasteiger partial charge < -0.3 is 10.5 Å². The molecule has 0 bridgehead atoms. The van der Waals surface area contributed by atoms with Gasteiger partial charge in [-0.05, 0) is 24.3 Å². The summed E-state index contributed by atoms with van der Waals surface area (Å²) in [4.78, 5) is 4.30. The second-order valence-corrected chi connectivity index (χ2v) is 4.35. The smallest absolute Gasteiger partial charge is 0.149 e. The number of fused-ring (bicyclic) bond motifs is 1. The van der Waals surface area contributed by atoms with Crippen LogP contribution < -0.4 is 10.5 Å². The highest BCUT2D eigenvalue weighted by atomic mass is 16.5. The van der Waals surface area contributed by atoms with Crippen LogP contribution in [-0.4, -0.2) is 10.8 Å². The Hall–Kier alpha value is -2.88. The maximum atomic E-state index is 7.68. The third-order valence-electron chi connectivity index (χ3n) is 2.98. The Balaban J connectivity index is 2.20. The van der Waals surface area contributed by atoms with Gasteiger partial charge in [-0.1, -0.05) is 30.3 Å². The molecule has 4 heteroatoms. The van der Waals surface area contributed by atoms with Crippen LogP contribution in [0.1, 0.15) is 5.56 Å². The van der Waals surface area contributed by atoms with E-state index in [1.807, 2.05) is 54.6 Å². The van der Waals surface area contributed by atoms with E-state index in [0.29, 0.717) is 17.1 Å². The van der Waals surface area contributed by atoms with Crippen LogP contribution in [0.15, 0.2) is 60.8 Å². The summed E-state index contributed by atoms with van der Waals surface area (Å²) in [5.41, 5.74) is 6.92. The predicted molar refractivity (Wildman–Crippen MR) is 79.3 cm³/mol. The van der Waals surface area contributed by atoms with E-state index in [4.69, 9.17) is 15.9 Å². The highest BCUT2D eigenvalue weighted by molar-refractivity contribution is 6.03. The van der Waals surface area contributed by atoms with Crippen molar-refractivity contribution in [3.8, 4) is 11.5 Å². The van der Waals surface area contributed by atoms with Crippen molar-refractivity contribution < 1.29 is 4.74 Å². The molecule has 0 spiro atoms. The molecule has 0 aliphatic heterocycles. The van der Waals surface area contributed by atoms with Crippen LogP contribution in [0, 0.1) is 5.41 Å². The number of hydrogen-bond donors (Lipinski definition) is 2. The van der Waals surface area contributed by atoms with Crippen LogP contribution in [0.2, 0.25) is 0 Å². The van der Waals surface area contributed by atoms with E-state index in [2.05, 4.69) is 4.98 Å². The predicted octanol–water partition coefficient (Wildman–Crippen LogP) is 3.31. The lowest BCUT2D eigenvalue weighted by molar-refractivity contribution is 0.487. The first kappa shape index (κ1) is 12.2. The summed E-state index contributed by atoms with van der Waals surface area (Å²) in [5.74, 6) is 1.20. The summed E-state index contributed by atoms with van der Waals surface area (Å²) < 4.78 is 5.92. The van der Waals surface area contributed by atoms with Crippen LogP contribution in [-0.2, 0) is 0 Å². The summed E-state index contributed by atoms with van der Waals surface area (Å²) in [5, 5.41) is 8.51. The third kappa shape index (κ3) is 2.19. The number of nitrogen functional groups attached to an aromatic ring is 1. The number of amidine groups is 1. The number of nitrogens with zero attached hydrogens (tertiary/aromatic N) is 1. The number of rotatable bonds is 3. The molecule has 0 fully saturated rings. The van der Waals surface area contributed by atoms with Crippen LogP contribution in [0.25, 0.3) is 10.9 Å². The van der Waals surface area contributed by atoms with Gasteiger partial charge in [-0.3, -0.25) is 10.4 Å². The molecule has 0 saturated heterocycles. The lowest BCUT2D eigenvalue weighted by Gasteiger charge is -2.12. The normalized spacial score (nSPS) is 10.4. The number of pyridine rings is 1. The van der Waals surface area contributed by atoms with Crippen molar-refractivity contribution in [1.82, 2.24) is 4.98 Å². The highest BCUT2D eigenvalue weighted by Crippen LogP contribution is 2.32. The second kappa shape index (κ2) is 5.01. The Labute approximate surface area is 116 Å². The van der Waals surface area contributed by atoms with Gasteiger partial charge in [0.15, 0.2) is 0 Å². The lowest BCUT2D eigenvalue weighted by atomic mass is 10.1. The number of aromatic nitrogens is 1. The second-order valence-electron chi connectivity index (χ2n) is 4.35. The van der Waals surface area contributed by atoms with E-state index < -0.39 is 0 Å². The first-order chi connectivity index (χ1) is 9.75. The van der Waals surface area contributed by atoms with Crippen molar-refractivity contribution in [3.05, 3.63) is 66.4 Å². The van der Waals surface area contributed by atoms with Crippen molar-refractivity contribution in [3.63, 3.8) is 0 Å². The van der Waals surface area contributed by atoms with Crippen molar-refractivity contribution in [2.24, 2.45) is 5.73 Å². The fourth-order valence-electron chi connectivity index (χ4n) is 2.02. The van der Waals surface area contributed by atoms with Crippen LogP contribution in [0.3, 0.4) is 0 Å². The Bertz CT molecular complexity index is 769. The summed E-state index contributed by atoms with van der Waals surface area (Å²) in [7, 11) is 0. The van der Waals surface area contributed by atoms with Crippen LogP contribution in [0.4, 0.5) is 0 Å².